The molecule has 3 fully saturated rings. The van der Waals surface area contributed by atoms with Crippen molar-refractivity contribution in [2.24, 2.45) is 5.92 Å². The quantitative estimate of drug-likeness (QED) is 0.653. The predicted octanol–water partition coefficient (Wildman–Crippen LogP) is 4.20. The zero-order chi connectivity index (χ0) is 19.5. The van der Waals surface area contributed by atoms with Crippen LogP contribution in [0.5, 0.6) is 0 Å². The van der Waals surface area contributed by atoms with Crippen molar-refractivity contribution in [2.75, 3.05) is 6.54 Å². The van der Waals surface area contributed by atoms with Crippen molar-refractivity contribution >= 4 is 17.2 Å². The van der Waals surface area contributed by atoms with Crippen molar-refractivity contribution < 1.29 is 4.79 Å². The third kappa shape index (κ3) is 2.82. The zero-order valence-corrected chi connectivity index (χ0v) is 17.2. The van der Waals surface area contributed by atoms with Crippen molar-refractivity contribution in [3.05, 3.63) is 46.7 Å². The Morgan fingerprint density at radius 1 is 1.21 bits per heavy atom. The molecule has 0 N–H and O–H groups in total. The number of carbonyl (C=O) groups excluding carboxylic acids is 1. The van der Waals surface area contributed by atoms with E-state index >= 15 is 0 Å². The Kier molecular flexibility index (Phi) is 3.88. The maximum atomic E-state index is 13.4. The molecule has 1 amide bonds. The van der Waals surface area contributed by atoms with E-state index in [1.165, 1.54) is 12.8 Å². The Labute approximate surface area is 173 Å². The van der Waals surface area contributed by atoms with Crippen molar-refractivity contribution in [3.8, 4) is 16.5 Å². The van der Waals surface area contributed by atoms with Gasteiger partial charge in [-0.3, -0.25) is 4.79 Å². The summed E-state index contributed by atoms with van der Waals surface area (Å²) >= 11 is 1.67. The van der Waals surface area contributed by atoms with Crippen LogP contribution in [0.1, 0.15) is 59.6 Å². The van der Waals surface area contributed by atoms with Gasteiger partial charge in [0.25, 0.3) is 11.9 Å². The van der Waals surface area contributed by atoms with Gasteiger partial charge in [0.05, 0.1) is 28.0 Å². The zero-order valence-electron chi connectivity index (χ0n) is 16.4. The van der Waals surface area contributed by atoms with Gasteiger partial charge in [-0.05, 0) is 62.0 Å². The number of hydrogen-bond donors (Lipinski definition) is 0. The van der Waals surface area contributed by atoms with Gasteiger partial charge in [-0.15, -0.1) is 11.3 Å². The monoisotopic (exact) mass is 405 g/mol. The highest BCUT2D eigenvalue weighted by atomic mass is 32.1. The molecule has 2 atom stereocenters. The molecule has 148 valence electrons. The summed E-state index contributed by atoms with van der Waals surface area (Å²) in [4.78, 5) is 26.0. The smallest absolute Gasteiger partial charge is 0.257 e. The van der Waals surface area contributed by atoms with Gasteiger partial charge in [0.1, 0.15) is 0 Å². The van der Waals surface area contributed by atoms with Gasteiger partial charge in [0.2, 0.25) is 0 Å². The molecule has 3 aromatic heterocycles. The van der Waals surface area contributed by atoms with Crippen molar-refractivity contribution in [1.82, 2.24) is 24.6 Å². The fourth-order valence-corrected chi connectivity index (χ4v) is 5.74. The van der Waals surface area contributed by atoms with Crippen LogP contribution < -0.4 is 0 Å². The van der Waals surface area contributed by atoms with E-state index in [2.05, 4.69) is 26.4 Å². The number of amides is 1. The van der Waals surface area contributed by atoms with Gasteiger partial charge in [0, 0.05) is 24.7 Å². The van der Waals surface area contributed by atoms with Gasteiger partial charge in [-0.25, -0.2) is 14.6 Å². The highest BCUT2D eigenvalue weighted by Crippen LogP contribution is 2.44. The van der Waals surface area contributed by atoms with E-state index < -0.39 is 0 Å². The van der Waals surface area contributed by atoms with Crippen molar-refractivity contribution in [1.29, 1.82) is 0 Å². The van der Waals surface area contributed by atoms with E-state index in [-0.39, 0.29) is 5.91 Å². The number of hydrogen-bond acceptors (Lipinski definition) is 5. The van der Waals surface area contributed by atoms with Crippen molar-refractivity contribution in [3.63, 3.8) is 0 Å². The van der Waals surface area contributed by atoms with Crippen LogP contribution >= 0.6 is 11.3 Å². The summed E-state index contributed by atoms with van der Waals surface area (Å²) in [7, 11) is 0. The summed E-state index contributed by atoms with van der Waals surface area (Å²) in [5.41, 5.74) is 3.73. The number of nitrogens with zero attached hydrogens (tertiary/aromatic N) is 5. The number of piperidine rings is 1. The van der Waals surface area contributed by atoms with E-state index in [0.29, 0.717) is 23.8 Å². The first kappa shape index (κ1) is 17.3. The number of aryl methyl sites for hydroxylation is 1. The Morgan fingerprint density at radius 2 is 2.10 bits per heavy atom. The van der Waals surface area contributed by atoms with E-state index in [0.717, 1.165) is 53.2 Å². The average Bonchev–Trinajstić information content (AvgIpc) is 3.21. The van der Waals surface area contributed by atoms with Crippen LogP contribution in [0.2, 0.25) is 0 Å². The van der Waals surface area contributed by atoms with Crippen LogP contribution in [-0.2, 0) is 0 Å². The summed E-state index contributed by atoms with van der Waals surface area (Å²) < 4.78 is 1.82. The SMILES string of the molecule is Cc1cnc(-n2ncc(C(=O)N3CC4CCC3C4)c2C2CC2)nc1-c1cccs1. The summed E-state index contributed by atoms with van der Waals surface area (Å²) in [6, 6.07) is 4.53. The normalized spacial score (nSPS) is 23.1. The first-order valence-corrected chi connectivity index (χ1v) is 11.3. The second-order valence-corrected chi connectivity index (χ2v) is 9.55. The highest BCUT2D eigenvalue weighted by Gasteiger charge is 2.43. The Bertz CT molecular complexity index is 1080. The molecule has 1 aliphatic heterocycles. The van der Waals surface area contributed by atoms with E-state index in [1.54, 1.807) is 17.5 Å². The Hall–Kier alpha value is -2.54. The maximum Gasteiger partial charge on any atom is 0.257 e. The number of fused-ring (bicyclic) bond motifs is 2. The van der Waals surface area contributed by atoms with E-state index in [9.17, 15) is 4.79 Å². The molecular weight excluding hydrogens is 382 g/mol. The largest absolute Gasteiger partial charge is 0.335 e. The molecule has 3 aliphatic rings. The Morgan fingerprint density at radius 3 is 2.79 bits per heavy atom. The minimum atomic E-state index is 0.149. The topological polar surface area (TPSA) is 63.9 Å². The molecule has 6 nitrogen and oxygen atoms in total. The second-order valence-electron chi connectivity index (χ2n) is 8.60. The van der Waals surface area contributed by atoms with Gasteiger partial charge >= 0.3 is 0 Å². The number of rotatable bonds is 4. The fraction of sp³-hybridized carbons (Fsp3) is 0.455. The fourth-order valence-electron chi connectivity index (χ4n) is 4.96. The Balaban J connectivity index is 1.41. The predicted molar refractivity (Wildman–Crippen MR) is 111 cm³/mol. The summed E-state index contributed by atoms with van der Waals surface area (Å²) in [6.07, 6.45) is 9.39. The van der Waals surface area contributed by atoms with Crippen LogP contribution in [0.15, 0.2) is 29.9 Å². The third-order valence-corrected chi connectivity index (χ3v) is 7.45. The van der Waals surface area contributed by atoms with Crippen LogP contribution in [0.25, 0.3) is 16.5 Å². The second kappa shape index (κ2) is 6.49. The molecule has 2 bridgehead atoms. The number of aromatic nitrogens is 4. The van der Waals surface area contributed by atoms with Crippen LogP contribution in [0.3, 0.4) is 0 Å². The summed E-state index contributed by atoms with van der Waals surface area (Å²) in [6.45, 7) is 2.93. The van der Waals surface area contributed by atoms with E-state index in [4.69, 9.17) is 4.98 Å². The molecule has 6 rings (SSSR count). The molecule has 2 aliphatic carbocycles. The molecule has 7 heteroatoms. The lowest BCUT2D eigenvalue weighted by molar-refractivity contribution is 0.0702. The van der Waals surface area contributed by atoms with Crippen LogP contribution in [0, 0.1) is 12.8 Å². The van der Waals surface area contributed by atoms with E-state index in [1.807, 2.05) is 23.9 Å². The molecular formula is C22H23N5OS. The van der Waals surface area contributed by atoms with Gasteiger partial charge in [0.15, 0.2) is 0 Å². The van der Waals surface area contributed by atoms with Crippen LogP contribution in [-0.4, -0.2) is 43.1 Å². The molecule has 2 saturated carbocycles. The molecule has 2 unspecified atom stereocenters. The third-order valence-electron chi connectivity index (χ3n) is 6.57. The molecule has 1 saturated heterocycles. The van der Waals surface area contributed by atoms with Crippen LogP contribution in [0.4, 0.5) is 0 Å². The molecule has 4 heterocycles. The first-order valence-electron chi connectivity index (χ1n) is 10.5. The number of carbonyl (C=O) groups is 1. The lowest BCUT2D eigenvalue weighted by Crippen LogP contribution is -2.38. The number of thiophene rings is 1. The minimum absolute atomic E-state index is 0.149. The molecule has 0 aromatic carbocycles. The minimum Gasteiger partial charge on any atom is -0.335 e. The number of likely N-dealkylation sites (tertiary alicyclic amines) is 1. The first-order chi connectivity index (χ1) is 14.2. The molecule has 29 heavy (non-hydrogen) atoms. The average molecular weight is 406 g/mol. The van der Waals surface area contributed by atoms with Gasteiger partial charge in [-0.1, -0.05) is 6.07 Å². The van der Waals surface area contributed by atoms with Gasteiger partial charge in [-0.2, -0.15) is 5.10 Å². The molecule has 0 spiro atoms. The lowest BCUT2D eigenvalue weighted by Gasteiger charge is -2.27. The molecule has 0 radical (unpaired) electrons. The summed E-state index contributed by atoms with van der Waals surface area (Å²) in [5, 5.41) is 6.66. The van der Waals surface area contributed by atoms with Crippen molar-refractivity contribution in [2.45, 2.75) is 51.0 Å². The maximum absolute atomic E-state index is 13.4. The standard InChI is InChI=1S/C22H23N5OS/c1-13-10-23-22(25-19(13)18-3-2-8-29-18)27-20(15-5-6-15)17(11-24-27)21(28)26-12-14-4-7-16(26)9-14/h2-3,8,10-11,14-16H,4-7,9,12H2,1H3. The van der Waals surface area contributed by atoms with Gasteiger partial charge < -0.3 is 4.90 Å². The lowest BCUT2D eigenvalue weighted by atomic mass is 10.1. The highest BCUT2D eigenvalue weighted by molar-refractivity contribution is 7.13. The summed E-state index contributed by atoms with van der Waals surface area (Å²) in [5.74, 6) is 1.78. The molecule has 3 aromatic rings.